The summed E-state index contributed by atoms with van der Waals surface area (Å²) in [5, 5.41) is 4.61. The number of allylic oxidation sites excluding steroid dienone is 1. The summed E-state index contributed by atoms with van der Waals surface area (Å²) in [5.41, 5.74) is 2.71. The highest BCUT2D eigenvalue weighted by Gasteiger charge is 2.37. The molecule has 2 aliphatic rings. The van der Waals surface area contributed by atoms with Gasteiger partial charge in [-0.3, -0.25) is 4.79 Å². The maximum atomic E-state index is 12.8. The van der Waals surface area contributed by atoms with Crippen LogP contribution >= 0.6 is 23.8 Å². The third kappa shape index (κ3) is 3.53. The van der Waals surface area contributed by atoms with Crippen LogP contribution in [0, 0.1) is 0 Å². The number of thiocarbonyl (C=S) groups is 1. The molecule has 0 aromatic heterocycles. The Morgan fingerprint density at radius 1 is 1.40 bits per heavy atom. The van der Waals surface area contributed by atoms with Gasteiger partial charge in [0.05, 0.1) is 12.1 Å². The number of hydrogen-bond donors (Lipinski definition) is 1. The third-order valence-electron chi connectivity index (χ3n) is 4.52. The summed E-state index contributed by atoms with van der Waals surface area (Å²) < 4.78 is 5.97. The number of nitrogens with one attached hydrogen (secondary N) is 1. The van der Waals surface area contributed by atoms with Crippen molar-refractivity contribution in [3.8, 4) is 5.75 Å². The molecule has 1 N–H and O–H groups in total. The first-order valence-corrected chi connectivity index (χ1v) is 9.51. The summed E-state index contributed by atoms with van der Waals surface area (Å²) in [6.45, 7) is 6.75. The van der Waals surface area contributed by atoms with E-state index in [1.807, 2.05) is 37.8 Å². The quantitative estimate of drug-likeness (QED) is 0.787. The Kier molecular flexibility index (Phi) is 5.35. The Balaban J connectivity index is 2.14. The molecule has 0 amide bonds. The van der Waals surface area contributed by atoms with Crippen molar-refractivity contribution in [1.82, 2.24) is 10.2 Å². The molecule has 1 unspecified atom stereocenters. The molecule has 0 radical (unpaired) electrons. The van der Waals surface area contributed by atoms with Crippen LogP contribution in [0.2, 0.25) is 5.02 Å². The molecule has 0 fully saturated rings. The molecule has 1 aliphatic carbocycles. The van der Waals surface area contributed by atoms with Gasteiger partial charge in [-0.2, -0.15) is 0 Å². The van der Waals surface area contributed by atoms with Crippen LogP contribution in [0.5, 0.6) is 5.75 Å². The SMILES string of the molecule is CCN1C(=S)NC(c2cc(Cl)ccc2OC(C)C)C2=C1CCCC2=O. The lowest BCUT2D eigenvalue weighted by Gasteiger charge is -2.40. The summed E-state index contributed by atoms with van der Waals surface area (Å²) in [4.78, 5) is 14.8. The van der Waals surface area contributed by atoms with Crippen LogP contribution in [0.4, 0.5) is 0 Å². The Morgan fingerprint density at radius 2 is 2.16 bits per heavy atom. The van der Waals surface area contributed by atoms with Crippen molar-refractivity contribution in [2.75, 3.05) is 6.54 Å². The molecule has 134 valence electrons. The van der Waals surface area contributed by atoms with Crippen LogP contribution in [-0.4, -0.2) is 28.4 Å². The highest BCUT2D eigenvalue weighted by Crippen LogP contribution is 2.41. The highest BCUT2D eigenvalue weighted by atomic mass is 35.5. The third-order valence-corrected chi connectivity index (χ3v) is 5.09. The van der Waals surface area contributed by atoms with Gasteiger partial charge in [-0.1, -0.05) is 11.6 Å². The zero-order valence-corrected chi connectivity index (χ0v) is 16.3. The lowest BCUT2D eigenvalue weighted by Crippen LogP contribution is -2.49. The highest BCUT2D eigenvalue weighted by molar-refractivity contribution is 7.80. The minimum absolute atomic E-state index is 0.0260. The average Bonchev–Trinajstić information content (AvgIpc) is 2.55. The number of rotatable bonds is 4. The van der Waals surface area contributed by atoms with Gasteiger partial charge in [-0.25, -0.2) is 0 Å². The molecule has 1 aromatic rings. The molecule has 0 bridgehead atoms. The molecular weight excluding hydrogens is 356 g/mol. The molecular formula is C19H23ClN2O2S. The van der Waals surface area contributed by atoms with Crippen LogP contribution < -0.4 is 10.1 Å². The first kappa shape index (κ1) is 18.2. The fourth-order valence-electron chi connectivity index (χ4n) is 3.52. The molecule has 1 aromatic carbocycles. The van der Waals surface area contributed by atoms with Crippen molar-refractivity contribution < 1.29 is 9.53 Å². The van der Waals surface area contributed by atoms with Crippen LogP contribution in [0.3, 0.4) is 0 Å². The predicted molar refractivity (Wildman–Crippen MR) is 104 cm³/mol. The van der Waals surface area contributed by atoms with Crippen molar-refractivity contribution in [2.24, 2.45) is 0 Å². The summed E-state index contributed by atoms with van der Waals surface area (Å²) >= 11 is 11.8. The molecule has 1 aliphatic heterocycles. The van der Waals surface area contributed by atoms with E-state index >= 15 is 0 Å². The molecule has 0 spiro atoms. The van der Waals surface area contributed by atoms with Crippen molar-refractivity contribution >= 4 is 34.7 Å². The van der Waals surface area contributed by atoms with Gasteiger partial charge in [0.1, 0.15) is 5.75 Å². The van der Waals surface area contributed by atoms with E-state index in [-0.39, 0.29) is 17.9 Å². The van der Waals surface area contributed by atoms with E-state index in [1.165, 1.54) is 0 Å². The molecule has 6 heteroatoms. The van der Waals surface area contributed by atoms with Crippen LogP contribution in [0.1, 0.15) is 51.6 Å². The van der Waals surface area contributed by atoms with Crippen molar-refractivity contribution in [1.29, 1.82) is 0 Å². The van der Waals surface area contributed by atoms with Gasteiger partial charge >= 0.3 is 0 Å². The van der Waals surface area contributed by atoms with E-state index < -0.39 is 0 Å². The van der Waals surface area contributed by atoms with Gasteiger partial charge < -0.3 is 15.0 Å². The zero-order chi connectivity index (χ0) is 18.1. The van der Waals surface area contributed by atoms with Gasteiger partial charge in [0, 0.05) is 34.8 Å². The first-order chi connectivity index (χ1) is 11.9. The fraction of sp³-hybridized carbons (Fsp3) is 0.474. The van der Waals surface area contributed by atoms with Gasteiger partial charge in [0.25, 0.3) is 0 Å². The van der Waals surface area contributed by atoms with Gasteiger partial charge in [0.2, 0.25) is 0 Å². The van der Waals surface area contributed by atoms with Gasteiger partial charge in [-0.05, 0) is 64.0 Å². The standard InChI is InChI=1S/C19H23ClN2O2S/c1-4-22-14-6-5-7-15(23)17(14)18(21-19(22)25)13-10-12(20)8-9-16(13)24-11(2)3/h8-11,18H,4-7H2,1-3H3,(H,21,25). The van der Waals surface area contributed by atoms with Crippen LogP contribution in [0.25, 0.3) is 0 Å². The summed E-state index contributed by atoms with van der Waals surface area (Å²) in [7, 11) is 0. The second kappa shape index (κ2) is 7.34. The summed E-state index contributed by atoms with van der Waals surface area (Å²) in [6, 6.07) is 5.22. The molecule has 1 atom stereocenters. The van der Waals surface area contributed by atoms with E-state index in [2.05, 4.69) is 5.32 Å². The van der Waals surface area contributed by atoms with Gasteiger partial charge in [-0.15, -0.1) is 0 Å². The molecule has 0 saturated heterocycles. The number of ether oxygens (including phenoxy) is 1. The van der Waals surface area contributed by atoms with E-state index in [1.54, 1.807) is 6.07 Å². The number of benzene rings is 1. The largest absolute Gasteiger partial charge is 0.491 e. The Morgan fingerprint density at radius 3 is 2.84 bits per heavy atom. The smallest absolute Gasteiger partial charge is 0.173 e. The maximum absolute atomic E-state index is 12.8. The lowest BCUT2D eigenvalue weighted by molar-refractivity contribution is -0.116. The number of Topliss-reactive ketones (excluding diaryl/α,β-unsaturated/α-hetero) is 1. The Bertz CT molecular complexity index is 745. The fourth-order valence-corrected chi connectivity index (χ4v) is 4.06. The van der Waals surface area contributed by atoms with E-state index in [0.717, 1.165) is 42.0 Å². The second-order valence-corrected chi connectivity index (χ2v) is 7.44. The molecule has 4 nitrogen and oxygen atoms in total. The number of carbonyl (C=O) groups is 1. The number of ketones is 1. The van der Waals surface area contributed by atoms with Gasteiger partial charge in [0.15, 0.2) is 10.9 Å². The van der Waals surface area contributed by atoms with Crippen molar-refractivity contribution in [3.05, 3.63) is 40.1 Å². The normalized spacial score (nSPS) is 20.7. The lowest BCUT2D eigenvalue weighted by atomic mass is 9.84. The monoisotopic (exact) mass is 378 g/mol. The second-order valence-electron chi connectivity index (χ2n) is 6.61. The predicted octanol–water partition coefficient (Wildman–Crippen LogP) is 4.39. The minimum atomic E-state index is -0.314. The minimum Gasteiger partial charge on any atom is -0.491 e. The zero-order valence-electron chi connectivity index (χ0n) is 14.8. The molecule has 1 heterocycles. The van der Waals surface area contributed by atoms with Crippen LogP contribution in [0.15, 0.2) is 29.5 Å². The van der Waals surface area contributed by atoms with E-state index in [9.17, 15) is 4.79 Å². The Labute approximate surface area is 159 Å². The maximum Gasteiger partial charge on any atom is 0.173 e. The topological polar surface area (TPSA) is 41.6 Å². The van der Waals surface area contributed by atoms with Crippen molar-refractivity contribution in [3.63, 3.8) is 0 Å². The number of carbonyl (C=O) groups excluding carboxylic acids is 1. The Hall–Kier alpha value is -1.59. The summed E-state index contributed by atoms with van der Waals surface area (Å²) in [5.74, 6) is 0.907. The van der Waals surface area contributed by atoms with Crippen molar-refractivity contribution in [2.45, 2.75) is 52.2 Å². The van der Waals surface area contributed by atoms with E-state index in [0.29, 0.717) is 16.6 Å². The number of nitrogens with zero attached hydrogens (tertiary/aromatic N) is 1. The number of hydrogen-bond acceptors (Lipinski definition) is 3. The first-order valence-electron chi connectivity index (χ1n) is 8.72. The average molecular weight is 379 g/mol. The molecule has 0 saturated carbocycles. The molecule has 3 rings (SSSR count). The van der Waals surface area contributed by atoms with E-state index in [4.69, 9.17) is 28.6 Å². The molecule has 25 heavy (non-hydrogen) atoms. The van der Waals surface area contributed by atoms with Crippen LogP contribution in [-0.2, 0) is 4.79 Å². The summed E-state index contributed by atoms with van der Waals surface area (Å²) in [6.07, 6.45) is 2.34. The number of halogens is 1.